The summed E-state index contributed by atoms with van der Waals surface area (Å²) >= 11 is 5.58. The summed E-state index contributed by atoms with van der Waals surface area (Å²) in [4.78, 5) is 11.8. The van der Waals surface area contributed by atoms with Crippen LogP contribution in [0.3, 0.4) is 0 Å². The van der Waals surface area contributed by atoms with Gasteiger partial charge in [-0.2, -0.15) is 0 Å². The zero-order chi connectivity index (χ0) is 14.4. The summed E-state index contributed by atoms with van der Waals surface area (Å²) in [5.74, 6) is -0.0543. The number of hydrogen-bond donors (Lipinski definition) is 2. The van der Waals surface area contributed by atoms with E-state index in [-0.39, 0.29) is 16.8 Å². The summed E-state index contributed by atoms with van der Waals surface area (Å²) in [6.45, 7) is 4.66. The molecule has 19 heavy (non-hydrogen) atoms. The fraction of sp³-hybridized carbons (Fsp3) is 0.500. The Balaban J connectivity index is 2.56. The lowest BCUT2D eigenvalue weighted by Gasteiger charge is -2.16. The monoisotopic (exact) mass is 286 g/mol. The van der Waals surface area contributed by atoms with Crippen molar-refractivity contribution in [3.63, 3.8) is 0 Å². The van der Waals surface area contributed by atoms with Crippen LogP contribution in [0.4, 0.5) is 10.1 Å². The highest BCUT2D eigenvalue weighted by Gasteiger charge is 2.14. The lowest BCUT2D eigenvalue weighted by Crippen LogP contribution is -2.23. The Bertz CT molecular complexity index is 437. The Kier molecular flexibility index (Phi) is 6.25. The molecule has 0 saturated heterocycles. The van der Waals surface area contributed by atoms with Gasteiger partial charge >= 0.3 is 0 Å². The van der Waals surface area contributed by atoms with E-state index in [1.807, 2.05) is 0 Å². The van der Waals surface area contributed by atoms with Crippen LogP contribution in [-0.2, 0) is 4.79 Å². The smallest absolute Gasteiger partial charge is 0.224 e. The molecule has 0 bridgehead atoms. The second-order valence-electron chi connectivity index (χ2n) is 5.11. The molecular formula is C14H20ClFN2O. The topological polar surface area (TPSA) is 55.1 Å². The first kappa shape index (κ1) is 15.9. The molecule has 3 N–H and O–H groups in total. The van der Waals surface area contributed by atoms with Crippen LogP contribution < -0.4 is 11.1 Å². The Morgan fingerprint density at radius 3 is 2.68 bits per heavy atom. The lowest BCUT2D eigenvalue weighted by atomic mass is 9.94. The highest BCUT2D eigenvalue weighted by Crippen LogP contribution is 2.20. The molecule has 0 spiro atoms. The van der Waals surface area contributed by atoms with Crippen molar-refractivity contribution >= 4 is 23.2 Å². The van der Waals surface area contributed by atoms with Crippen molar-refractivity contribution < 1.29 is 9.18 Å². The molecule has 0 aromatic heterocycles. The van der Waals surface area contributed by atoms with Gasteiger partial charge in [0.25, 0.3) is 0 Å². The van der Waals surface area contributed by atoms with Gasteiger partial charge in [-0.3, -0.25) is 4.79 Å². The van der Waals surface area contributed by atoms with Gasteiger partial charge in [-0.1, -0.05) is 25.4 Å². The first-order valence-electron chi connectivity index (χ1n) is 6.37. The van der Waals surface area contributed by atoms with Crippen LogP contribution >= 0.6 is 11.6 Å². The molecular weight excluding hydrogens is 267 g/mol. The normalized spacial score (nSPS) is 12.5. The number of anilines is 1. The van der Waals surface area contributed by atoms with Crippen LogP contribution in [0.1, 0.15) is 26.7 Å². The standard InChI is InChI=1S/C14H20ClFN2O/c1-9(2)5-10(8-17)6-14(19)18-11-3-4-12(15)13(16)7-11/h3-4,7,9-10H,5-6,8,17H2,1-2H3,(H,18,19)/t10-/m0/s1. The summed E-state index contributed by atoms with van der Waals surface area (Å²) in [5, 5.41) is 2.69. The summed E-state index contributed by atoms with van der Waals surface area (Å²) in [5.41, 5.74) is 6.06. The predicted molar refractivity (Wildman–Crippen MR) is 76.7 cm³/mol. The second kappa shape index (κ2) is 7.46. The number of carbonyl (C=O) groups excluding carboxylic acids is 1. The molecule has 0 heterocycles. The number of hydrogen-bond acceptors (Lipinski definition) is 2. The van der Waals surface area contributed by atoms with Crippen molar-refractivity contribution in [1.82, 2.24) is 0 Å². The van der Waals surface area contributed by atoms with E-state index in [0.717, 1.165) is 6.42 Å². The third kappa shape index (κ3) is 5.57. The molecule has 0 aliphatic rings. The number of nitrogens with one attached hydrogen (secondary N) is 1. The van der Waals surface area contributed by atoms with Crippen LogP contribution in [0.25, 0.3) is 0 Å². The van der Waals surface area contributed by atoms with E-state index in [0.29, 0.717) is 24.6 Å². The predicted octanol–water partition coefficient (Wildman–Crippen LogP) is 3.43. The molecule has 1 aromatic carbocycles. The molecule has 0 radical (unpaired) electrons. The van der Waals surface area contributed by atoms with E-state index in [9.17, 15) is 9.18 Å². The molecule has 0 aliphatic heterocycles. The van der Waals surface area contributed by atoms with Gasteiger partial charge in [0.1, 0.15) is 5.82 Å². The van der Waals surface area contributed by atoms with Crippen molar-refractivity contribution in [2.75, 3.05) is 11.9 Å². The van der Waals surface area contributed by atoms with Gasteiger partial charge < -0.3 is 11.1 Å². The van der Waals surface area contributed by atoms with Gasteiger partial charge in [0, 0.05) is 12.1 Å². The molecule has 1 rings (SSSR count). The maximum atomic E-state index is 13.2. The number of amides is 1. The number of halogens is 2. The highest BCUT2D eigenvalue weighted by atomic mass is 35.5. The summed E-state index contributed by atoms with van der Waals surface area (Å²) < 4.78 is 13.2. The number of benzene rings is 1. The van der Waals surface area contributed by atoms with E-state index in [2.05, 4.69) is 19.2 Å². The van der Waals surface area contributed by atoms with Gasteiger partial charge in [0.2, 0.25) is 5.91 Å². The number of nitrogens with two attached hydrogens (primary N) is 1. The van der Waals surface area contributed by atoms with Crippen molar-refractivity contribution in [2.24, 2.45) is 17.6 Å². The quantitative estimate of drug-likeness (QED) is 0.842. The fourth-order valence-corrected chi connectivity index (χ4v) is 2.10. The van der Waals surface area contributed by atoms with E-state index in [1.54, 1.807) is 6.07 Å². The Morgan fingerprint density at radius 1 is 1.47 bits per heavy atom. The van der Waals surface area contributed by atoms with Crippen LogP contribution in [-0.4, -0.2) is 12.5 Å². The van der Waals surface area contributed by atoms with E-state index < -0.39 is 5.82 Å². The van der Waals surface area contributed by atoms with E-state index in [4.69, 9.17) is 17.3 Å². The van der Waals surface area contributed by atoms with Crippen molar-refractivity contribution in [3.05, 3.63) is 29.0 Å². The molecule has 5 heteroatoms. The van der Waals surface area contributed by atoms with Gasteiger partial charge in [-0.25, -0.2) is 4.39 Å². The van der Waals surface area contributed by atoms with Crippen LogP contribution in [0.2, 0.25) is 5.02 Å². The zero-order valence-corrected chi connectivity index (χ0v) is 12.0. The minimum Gasteiger partial charge on any atom is -0.330 e. The third-order valence-electron chi connectivity index (χ3n) is 2.82. The molecule has 1 amide bonds. The van der Waals surface area contributed by atoms with Gasteiger partial charge in [-0.05, 0) is 43.0 Å². The van der Waals surface area contributed by atoms with Gasteiger partial charge in [0.15, 0.2) is 0 Å². The average Bonchev–Trinajstić information content (AvgIpc) is 2.32. The van der Waals surface area contributed by atoms with Gasteiger partial charge in [-0.15, -0.1) is 0 Å². The maximum absolute atomic E-state index is 13.2. The Hall–Kier alpha value is -1.13. The Labute approximate surface area is 118 Å². The highest BCUT2D eigenvalue weighted by molar-refractivity contribution is 6.30. The molecule has 0 aliphatic carbocycles. The molecule has 0 unspecified atom stereocenters. The maximum Gasteiger partial charge on any atom is 0.224 e. The summed E-state index contributed by atoms with van der Waals surface area (Å²) in [7, 11) is 0. The largest absolute Gasteiger partial charge is 0.330 e. The second-order valence-corrected chi connectivity index (χ2v) is 5.52. The molecule has 3 nitrogen and oxygen atoms in total. The lowest BCUT2D eigenvalue weighted by molar-refractivity contribution is -0.117. The zero-order valence-electron chi connectivity index (χ0n) is 11.2. The average molecular weight is 287 g/mol. The third-order valence-corrected chi connectivity index (χ3v) is 3.12. The molecule has 0 fully saturated rings. The molecule has 1 aromatic rings. The van der Waals surface area contributed by atoms with Crippen molar-refractivity contribution in [3.8, 4) is 0 Å². The van der Waals surface area contributed by atoms with Crippen LogP contribution in [0.5, 0.6) is 0 Å². The van der Waals surface area contributed by atoms with Crippen molar-refractivity contribution in [1.29, 1.82) is 0 Å². The minimum atomic E-state index is -0.544. The van der Waals surface area contributed by atoms with E-state index >= 15 is 0 Å². The molecule has 0 saturated carbocycles. The summed E-state index contributed by atoms with van der Waals surface area (Å²) in [6, 6.07) is 4.20. The first-order valence-corrected chi connectivity index (χ1v) is 6.75. The molecule has 1 atom stereocenters. The SMILES string of the molecule is CC(C)C[C@H](CN)CC(=O)Nc1ccc(Cl)c(F)c1. The first-order chi connectivity index (χ1) is 8.92. The van der Waals surface area contributed by atoms with E-state index in [1.165, 1.54) is 12.1 Å². The number of carbonyl (C=O) groups is 1. The Morgan fingerprint density at radius 2 is 2.16 bits per heavy atom. The van der Waals surface area contributed by atoms with Gasteiger partial charge in [0.05, 0.1) is 5.02 Å². The van der Waals surface area contributed by atoms with Crippen LogP contribution in [0.15, 0.2) is 18.2 Å². The minimum absolute atomic E-state index is 0.0395. The van der Waals surface area contributed by atoms with Crippen molar-refractivity contribution in [2.45, 2.75) is 26.7 Å². The number of rotatable bonds is 6. The fourth-order valence-electron chi connectivity index (χ4n) is 1.98. The summed E-state index contributed by atoms with van der Waals surface area (Å²) in [6.07, 6.45) is 1.25. The van der Waals surface area contributed by atoms with Crippen LogP contribution in [0, 0.1) is 17.7 Å². The molecule has 106 valence electrons.